The molecule has 1 aliphatic heterocycles. The van der Waals surface area contributed by atoms with Crippen LogP contribution in [0.1, 0.15) is 89.8 Å². The molecule has 1 aliphatic rings. The monoisotopic (exact) mass is 903 g/mol. The van der Waals surface area contributed by atoms with E-state index in [-0.39, 0.29) is 39.3 Å². The molecule has 1 fully saturated rings. The summed E-state index contributed by atoms with van der Waals surface area (Å²) in [5.41, 5.74) is 28.3. The number of nitrogens with zero attached hydrogens (tertiary/aromatic N) is 2. The minimum absolute atomic E-state index is 0. The van der Waals surface area contributed by atoms with Crippen molar-refractivity contribution in [3.63, 3.8) is 0 Å². The van der Waals surface area contributed by atoms with Crippen molar-refractivity contribution >= 4 is 16.6 Å². The number of aromatic nitrogens is 1. The Kier molecular flexibility index (Phi) is 19.2. The summed E-state index contributed by atoms with van der Waals surface area (Å²) < 4.78 is 0. The number of pyridine rings is 1. The number of benzene rings is 5. The van der Waals surface area contributed by atoms with Crippen LogP contribution in [0, 0.1) is 84.1 Å². The molecule has 7 aromatic carbocycles. The van der Waals surface area contributed by atoms with Crippen molar-refractivity contribution in [2.45, 2.75) is 103 Å². The van der Waals surface area contributed by atoms with Gasteiger partial charge in [0.15, 0.2) is 0 Å². The maximum Gasteiger partial charge on any atom is 4.00 e. The predicted octanol–water partition coefficient (Wildman–Crippen LogP) is 17.9. The number of rotatable bonds is 6. The molecule has 0 radical (unpaired) electrons. The molecule has 1 aromatic heterocycles. The van der Waals surface area contributed by atoms with Crippen molar-refractivity contribution < 1.29 is 17.1 Å². The van der Waals surface area contributed by atoms with E-state index in [4.69, 9.17) is 0 Å². The molecule has 9 rings (SSSR count). The first-order valence-electron chi connectivity index (χ1n) is 22.4. The molecule has 65 heavy (non-hydrogen) atoms. The quantitative estimate of drug-likeness (QED) is 0.122. The predicted molar refractivity (Wildman–Crippen MR) is 286 cm³/mol. The van der Waals surface area contributed by atoms with Crippen molar-refractivity contribution in [2.75, 3.05) is 18.0 Å². The molecule has 0 saturated carbocycles. The van der Waals surface area contributed by atoms with E-state index in [1.165, 1.54) is 148 Å². The van der Waals surface area contributed by atoms with E-state index in [2.05, 4.69) is 194 Å². The van der Waals surface area contributed by atoms with Gasteiger partial charge in [-0.2, -0.15) is 12.1 Å². The van der Waals surface area contributed by atoms with Crippen molar-refractivity contribution in [2.24, 2.45) is 0 Å². The normalized spacial score (nSPS) is 11.5. The number of hydrogen-bond acceptors (Lipinski definition) is 2. The van der Waals surface area contributed by atoms with Crippen LogP contribution in [0.2, 0.25) is 0 Å². The van der Waals surface area contributed by atoms with Gasteiger partial charge in [-0.3, -0.25) is 0 Å². The van der Waals surface area contributed by atoms with Gasteiger partial charge in [-0.05, 0) is 98.9 Å². The molecule has 0 spiro atoms. The number of fused-ring (bicyclic) bond motifs is 1. The Hall–Kier alpha value is -5.47. The fraction of sp³-hybridized carbons (Fsp3) is 0.274. The van der Waals surface area contributed by atoms with Crippen LogP contribution in [0.25, 0.3) is 66.5 Å². The van der Waals surface area contributed by atoms with E-state index >= 15 is 0 Å². The van der Waals surface area contributed by atoms with Crippen molar-refractivity contribution in [1.29, 1.82) is 0 Å². The van der Waals surface area contributed by atoms with Gasteiger partial charge in [0.05, 0.1) is 0 Å². The molecule has 0 N–H and O–H groups in total. The third-order valence-electron chi connectivity index (χ3n) is 11.8. The zero-order valence-corrected chi connectivity index (χ0v) is 42.2. The number of aryl methyl sites for hydroxylation is 10. The van der Waals surface area contributed by atoms with Crippen LogP contribution in [-0.4, -0.2) is 18.1 Å². The van der Waals surface area contributed by atoms with E-state index in [0.717, 1.165) is 5.52 Å². The Labute approximate surface area is 405 Å². The SMILES string of the molecule is C.CC.Cc1cc(C)cc(-c2c(-c3cc(C)cc(C)c3)c(-c3cc(C)cc(C)c3)[c-](-c3cc(C)cc(C)c3)c2-c2cc(C)cc(C)c2)c1.[CH3-].[CH3-].[Fe+4].c1cc2nccc(N3CCCC3)c2[cH-]1. The maximum atomic E-state index is 4.35. The van der Waals surface area contributed by atoms with Gasteiger partial charge in [-0.15, -0.1) is 11.5 Å². The van der Waals surface area contributed by atoms with Gasteiger partial charge in [0, 0.05) is 19.3 Å². The van der Waals surface area contributed by atoms with Crippen molar-refractivity contribution in [3.8, 4) is 55.6 Å². The third kappa shape index (κ3) is 11.9. The molecule has 2 nitrogen and oxygen atoms in total. The Morgan fingerprint density at radius 1 is 0.477 bits per heavy atom. The summed E-state index contributed by atoms with van der Waals surface area (Å²) in [5, 5.41) is 1.30. The van der Waals surface area contributed by atoms with Gasteiger partial charge in [-0.1, -0.05) is 224 Å². The molecule has 0 bridgehead atoms. The number of anilines is 1. The van der Waals surface area contributed by atoms with Crippen LogP contribution < -0.4 is 4.90 Å². The van der Waals surface area contributed by atoms with Crippen molar-refractivity contribution in [1.82, 2.24) is 4.98 Å². The molecule has 0 unspecified atom stereocenters. The Morgan fingerprint density at radius 2 is 0.815 bits per heavy atom. The first-order valence-corrected chi connectivity index (χ1v) is 22.4. The van der Waals surface area contributed by atoms with E-state index in [0.29, 0.717) is 0 Å². The Morgan fingerprint density at radius 3 is 1.18 bits per heavy atom. The fourth-order valence-corrected chi connectivity index (χ4v) is 9.92. The molecular formula is C62H74FeN2. The summed E-state index contributed by atoms with van der Waals surface area (Å²) in [6.07, 6.45) is 4.56. The fourth-order valence-electron chi connectivity index (χ4n) is 9.92. The third-order valence-corrected chi connectivity index (χ3v) is 11.8. The first-order chi connectivity index (χ1) is 29.3. The second-order valence-corrected chi connectivity index (χ2v) is 17.6. The van der Waals surface area contributed by atoms with E-state index < -0.39 is 0 Å². The summed E-state index contributed by atoms with van der Waals surface area (Å²) in [6, 6.07) is 43.7. The molecule has 340 valence electrons. The second-order valence-electron chi connectivity index (χ2n) is 17.6. The summed E-state index contributed by atoms with van der Waals surface area (Å²) in [7, 11) is 0. The first kappa shape index (κ1) is 53.9. The Balaban J connectivity index is 0.000000474. The van der Waals surface area contributed by atoms with E-state index in [1.807, 2.05) is 20.0 Å². The maximum absolute atomic E-state index is 4.35. The summed E-state index contributed by atoms with van der Waals surface area (Å²) in [4.78, 5) is 6.81. The van der Waals surface area contributed by atoms with E-state index in [1.54, 1.807) is 0 Å². The zero-order valence-electron chi connectivity index (χ0n) is 41.1. The van der Waals surface area contributed by atoms with Crippen LogP contribution in [-0.2, 0) is 17.1 Å². The smallest absolute Gasteiger partial charge is 0.410 e. The topological polar surface area (TPSA) is 16.1 Å². The van der Waals surface area contributed by atoms with Crippen molar-refractivity contribution in [3.05, 3.63) is 192 Å². The molecule has 1 saturated heterocycles. The molecular weight excluding hydrogens is 829 g/mol. The van der Waals surface area contributed by atoms with Crippen LogP contribution in [0.5, 0.6) is 0 Å². The van der Waals surface area contributed by atoms with Crippen LogP contribution in [0.4, 0.5) is 5.69 Å². The van der Waals surface area contributed by atoms with Gasteiger partial charge < -0.3 is 24.7 Å². The van der Waals surface area contributed by atoms with Gasteiger partial charge in [-0.25, -0.2) is 0 Å². The average Bonchev–Trinajstić information content (AvgIpc) is 3.97. The minimum atomic E-state index is 0. The number of hydrogen-bond donors (Lipinski definition) is 0. The minimum Gasteiger partial charge on any atom is -0.410 e. The molecule has 3 heteroatoms. The molecule has 8 aromatic rings. The summed E-state index contributed by atoms with van der Waals surface area (Å²) >= 11 is 0. The van der Waals surface area contributed by atoms with Crippen LogP contribution in [0.15, 0.2) is 121 Å². The standard InChI is InChI=1S/C45H45.C12H13N2.C2H6.CH4.2CH3.Fe/c1-26-11-27(2)17-36(16-26)41-42(37-18-28(3)12-29(4)19-37)44(39-22-32(7)14-33(8)23-39)45(40-24-34(9)15-35(10)25-40)43(41)38-20-30(5)13-31(6)21-38;1-2-9-14(8-1)12-6-7-13-11-5-3-4-10(11)12;1-2;;;;/h11-25H,1-10H3;3-7H,1-2,8-9H2;1-2H3;1H4;2*1H3;/q2*-1;;;2*-1;+4. The van der Waals surface area contributed by atoms with Gasteiger partial charge in [0.2, 0.25) is 0 Å². The van der Waals surface area contributed by atoms with Gasteiger partial charge in [0.25, 0.3) is 0 Å². The van der Waals surface area contributed by atoms with Gasteiger partial charge in [0.1, 0.15) is 0 Å². The Bertz CT molecular complexity index is 2370. The summed E-state index contributed by atoms with van der Waals surface area (Å²) in [6.45, 7) is 28.6. The zero-order chi connectivity index (χ0) is 43.5. The van der Waals surface area contributed by atoms with Gasteiger partial charge >= 0.3 is 17.1 Å². The second kappa shape index (κ2) is 23.1. The molecule has 0 amide bonds. The molecule has 2 heterocycles. The average molecular weight is 903 g/mol. The van der Waals surface area contributed by atoms with Crippen LogP contribution in [0.3, 0.4) is 0 Å². The summed E-state index contributed by atoms with van der Waals surface area (Å²) in [5.74, 6) is 0. The van der Waals surface area contributed by atoms with E-state index in [9.17, 15) is 0 Å². The molecule has 0 atom stereocenters. The molecule has 0 aliphatic carbocycles. The largest absolute Gasteiger partial charge is 4.00 e. The van der Waals surface area contributed by atoms with Crippen LogP contribution >= 0.6 is 0 Å².